The normalized spacial score (nSPS) is 19.6. The molecule has 1 aliphatic carbocycles. The average molecular weight is 194 g/mol. The fourth-order valence-corrected chi connectivity index (χ4v) is 1.69. The van der Waals surface area contributed by atoms with Gasteiger partial charge in [-0.25, -0.2) is 4.98 Å². The van der Waals surface area contributed by atoms with Crippen LogP contribution in [-0.4, -0.2) is 28.4 Å². The summed E-state index contributed by atoms with van der Waals surface area (Å²) >= 11 is 0. The molecule has 5 nitrogen and oxygen atoms in total. The predicted octanol–water partition coefficient (Wildman–Crippen LogP) is -0.0519. The van der Waals surface area contributed by atoms with Gasteiger partial charge in [0.15, 0.2) is 5.78 Å². The summed E-state index contributed by atoms with van der Waals surface area (Å²) in [6.45, 7) is 0. The van der Waals surface area contributed by atoms with Crippen molar-refractivity contribution in [2.45, 2.75) is 6.42 Å². The largest absolute Gasteiger partial charge is 0.468 e. The monoisotopic (exact) mass is 194 g/mol. The molecular formula is C9H10N2O3. The molecule has 1 atom stereocenters. The lowest BCUT2D eigenvalue weighted by Crippen LogP contribution is -2.22. The minimum atomic E-state index is -0.690. The van der Waals surface area contributed by atoms with Gasteiger partial charge in [-0.2, -0.15) is 0 Å². The van der Waals surface area contributed by atoms with E-state index < -0.39 is 11.9 Å². The molecule has 14 heavy (non-hydrogen) atoms. The molecule has 0 saturated heterocycles. The van der Waals surface area contributed by atoms with Gasteiger partial charge in [0.05, 0.1) is 13.4 Å². The number of ketones is 1. The summed E-state index contributed by atoms with van der Waals surface area (Å²) in [6.07, 6.45) is 1.98. The zero-order valence-corrected chi connectivity index (χ0v) is 7.98. The van der Waals surface area contributed by atoms with Crippen LogP contribution in [0.3, 0.4) is 0 Å². The van der Waals surface area contributed by atoms with Crippen molar-refractivity contribution >= 4 is 11.8 Å². The van der Waals surface area contributed by atoms with Crippen molar-refractivity contribution in [1.82, 2.24) is 9.55 Å². The highest BCUT2D eigenvalue weighted by Gasteiger charge is 2.39. The third kappa shape index (κ3) is 1.05. The van der Waals surface area contributed by atoms with Gasteiger partial charge in [0.25, 0.3) is 0 Å². The van der Waals surface area contributed by atoms with Gasteiger partial charge in [-0.1, -0.05) is 0 Å². The maximum atomic E-state index is 11.6. The number of nitrogens with zero attached hydrogens (tertiary/aromatic N) is 2. The molecule has 0 bridgehead atoms. The molecule has 2 rings (SSSR count). The predicted molar refractivity (Wildman–Crippen MR) is 46.7 cm³/mol. The number of rotatable bonds is 1. The zero-order chi connectivity index (χ0) is 10.3. The molecule has 0 amide bonds. The Morgan fingerprint density at radius 2 is 2.43 bits per heavy atom. The number of methoxy groups -OCH3 is 1. The number of hydrogen-bond donors (Lipinski definition) is 0. The van der Waals surface area contributed by atoms with Crippen LogP contribution in [-0.2, 0) is 23.0 Å². The van der Waals surface area contributed by atoms with Crippen LogP contribution in [0.15, 0.2) is 6.33 Å². The topological polar surface area (TPSA) is 61.2 Å². The Bertz CT molecular complexity index is 408. The van der Waals surface area contributed by atoms with Gasteiger partial charge < -0.3 is 9.30 Å². The first-order chi connectivity index (χ1) is 6.65. The Balaban J connectivity index is 2.35. The molecule has 1 heterocycles. The first-order valence-corrected chi connectivity index (χ1v) is 4.27. The van der Waals surface area contributed by atoms with Crippen LogP contribution < -0.4 is 0 Å². The number of fused-ring (bicyclic) bond motifs is 1. The molecule has 0 N–H and O–H groups in total. The van der Waals surface area contributed by atoms with E-state index >= 15 is 0 Å². The highest BCUT2D eigenvalue weighted by Crippen LogP contribution is 2.25. The van der Waals surface area contributed by atoms with Crippen LogP contribution >= 0.6 is 0 Å². The maximum absolute atomic E-state index is 11.6. The number of aryl methyl sites for hydroxylation is 1. The van der Waals surface area contributed by atoms with Gasteiger partial charge in [-0.05, 0) is 0 Å². The van der Waals surface area contributed by atoms with E-state index in [2.05, 4.69) is 9.72 Å². The number of ether oxygens (including phenoxy) is 1. The second-order valence-electron chi connectivity index (χ2n) is 3.29. The zero-order valence-electron chi connectivity index (χ0n) is 7.98. The number of aromatic nitrogens is 2. The third-order valence-electron chi connectivity index (χ3n) is 2.49. The summed E-state index contributed by atoms with van der Waals surface area (Å²) in [6, 6.07) is 0. The molecule has 1 aromatic rings. The Labute approximate surface area is 80.7 Å². The van der Waals surface area contributed by atoms with Gasteiger partial charge in [0.1, 0.15) is 11.6 Å². The number of carbonyl (C=O) groups is 2. The fourth-order valence-electron chi connectivity index (χ4n) is 1.69. The smallest absolute Gasteiger partial charge is 0.317 e. The molecule has 0 spiro atoms. The number of esters is 1. The Morgan fingerprint density at radius 1 is 1.71 bits per heavy atom. The maximum Gasteiger partial charge on any atom is 0.317 e. The van der Waals surface area contributed by atoms with E-state index in [1.165, 1.54) is 7.11 Å². The minimum absolute atomic E-state index is 0.229. The minimum Gasteiger partial charge on any atom is -0.468 e. The molecule has 0 fully saturated rings. The fraction of sp³-hybridized carbons (Fsp3) is 0.444. The molecule has 5 heteroatoms. The number of Topliss-reactive ketones (excluding diaryl/α,β-unsaturated/α-hetero) is 1. The van der Waals surface area contributed by atoms with Gasteiger partial charge >= 0.3 is 5.97 Å². The average Bonchev–Trinajstić information content (AvgIpc) is 2.69. The highest BCUT2D eigenvalue weighted by atomic mass is 16.5. The molecule has 1 aromatic heterocycles. The second-order valence-corrected chi connectivity index (χ2v) is 3.29. The summed E-state index contributed by atoms with van der Waals surface area (Å²) in [5, 5.41) is 0. The quantitative estimate of drug-likeness (QED) is 0.464. The summed E-state index contributed by atoms with van der Waals surface area (Å²) in [5.74, 6) is -1.40. The molecule has 1 aliphatic rings. The van der Waals surface area contributed by atoms with Crippen molar-refractivity contribution in [3.63, 3.8) is 0 Å². The van der Waals surface area contributed by atoms with Crippen LogP contribution in [0.4, 0.5) is 0 Å². The molecular weight excluding hydrogens is 184 g/mol. The van der Waals surface area contributed by atoms with Crippen molar-refractivity contribution in [3.05, 3.63) is 17.7 Å². The van der Waals surface area contributed by atoms with Crippen LogP contribution in [0.2, 0.25) is 0 Å². The van der Waals surface area contributed by atoms with Crippen LogP contribution in [0.25, 0.3) is 0 Å². The van der Waals surface area contributed by atoms with Crippen molar-refractivity contribution in [2.24, 2.45) is 13.0 Å². The molecule has 0 radical (unpaired) electrons. The Morgan fingerprint density at radius 3 is 3.00 bits per heavy atom. The number of carbonyl (C=O) groups excluding carboxylic acids is 2. The first-order valence-electron chi connectivity index (χ1n) is 4.27. The van der Waals surface area contributed by atoms with Gasteiger partial charge in [-0.15, -0.1) is 0 Å². The molecule has 0 saturated carbocycles. The summed E-state index contributed by atoms with van der Waals surface area (Å²) in [5.41, 5.74) is 1.22. The van der Waals surface area contributed by atoms with Crippen LogP contribution in [0.5, 0.6) is 0 Å². The third-order valence-corrected chi connectivity index (χ3v) is 2.49. The number of imidazole rings is 1. The van der Waals surface area contributed by atoms with Crippen molar-refractivity contribution in [1.29, 1.82) is 0 Å². The standard InChI is InChI=1S/C9H10N2O3/c1-11-4-10-7-6(11)3-5(8(7)12)9(13)14-2/h4-5H,3H2,1-2H3. The van der Waals surface area contributed by atoms with E-state index in [4.69, 9.17) is 0 Å². The van der Waals surface area contributed by atoms with Gasteiger partial charge in [0.2, 0.25) is 0 Å². The molecule has 0 aliphatic heterocycles. The summed E-state index contributed by atoms with van der Waals surface area (Å²) < 4.78 is 6.31. The SMILES string of the molecule is COC(=O)C1Cc2c(ncn2C)C1=O. The molecule has 74 valence electrons. The molecule has 0 aromatic carbocycles. The van der Waals surface area contributed by atoms with E-state index in [1.807, 2.05) is 0 Å². The van der Waals surface area contributed by atoms with E-state index in [0.717, 1.165) is 5.69 Å². The second kappa shape index (κ2) is 2.94. The lowest BCUT2D eigenvalue weighted by molar-refractivity contribution is -0.143. The lowest BCUT2D eigenvalue weighted by Gasteiger charge is -2.04. The van der Waals surface area contributed by atoms with E-state index in [-0.39, 0.29) is 5.78 Å². The van der Waals surface area contributed by atoms with Crippen LogP contribution in [0.1, 0.15) is 16.2 Å². The van der Waals surface area contributed by atoms with Crippen molar-refractivity contribution < 1.29 is 14.3 Å². The summed E-state index contributed by atoms with van der Waals surface area (Å²) in [4.78, 5) is 26.8. The summed E-state index contributed by atoms with van der Waals surface area (Å²) in [7, 11) is 3.09. The van der Waals surface area contributed by atoms with E-state index in [9.17, 15) is 9.59 Å². The lowest BCUT2D eigenvalue weighted by atomic mass is 10.1. The molecule has 1 unspecified atom stereocenters. The Hall–Kier alpha value is -1.65. The van der Waals surface area contributed by atoms with Gasteiger partial charge in [0, 0.05) is 19.2 Å². The number of hydrogen-bond acceptors (Lipinski definition) is 4. The van der Waals surface area contributed by atoms with Crippen molar-refractivity contribution in [2.75, 3.05) is 7.11 Å². The van der Waals surface area contributed by atoms with E-state index in [0.29, 0.717) is 12.1 Å². The van der Waals surface area contributed by atoms with E-state index in [1.54, 1.807) is 17.9 Å². The van der Waals surface area contributed by atoms with Crippen LogP contribution in [0, 0.1) is 5.92 Å². The highest BCUT2D eigenvalue weighted by molar-refractivity contribution is 6.10. The first kappa shape index (κ1) is 8.93. The van der Waals surface area contributed by atoms with Gasteiger partial charge in [-0.3, -0.25) is 9.59 Å². The van der Waals surface area contributed by atoms with Crippen molar-refractivity contribution in [3.8, 4) is 0 Å². The Kier molecular flexibility index (Phi) is 1.87.